The molecule has 0 unspecified atom stereocenters. The van der Waals surface area contributed by atoms with E-state index in [-0.39, 0.29) is 11.3 Å². The molecule has 0 radical (unpaired) electrons. The number of benzene rings is 1. The molecule has 1 aromatic carbocycles. The first-order chi connectivity index (χ1) is 10.1. The van der Waals surface area contributed by atoms with E-state index in [1.165, 1.54) is 13.2 Å². The van der Waals surface area contributed by atoms with Gasteiger partial charge in [-0.05, 0) is 30.3 Å². The van der Waals surface area contributed by atoms with Crippen LogP contribution in [0.3, 0.4) is 0 Å². The van der Waals surface area contributed by atoms with Crippen molar-refractivity contribution in [1.82, 2.24) is 9.38 Å². The molecule has 0 atom stereocenters. The van der Waals surface area contributed by atoms with Crippen LogP contribution in [-0.4, -0.2) is 22.5 Å². The average molecular weight is 288 g/mol. The van der Waals surface area contributed by atoms with Gasteiger partial charge in [-0.1, -0.05) is 0 Å². The van der Waals surface area contributed by atoms with Gasteiger partial charge in [0, 0.05) is 18.0 Å². The van der Waals surface area contributed by atoms with E-state index < -0.39 is 17.6 Å². The first-order valence-electron chi connectivity index (χ1n) is 6.11. The zero-order valence-electron chi connectivity index (χ0n) is 11.0. The minimum Gasteiger partial charge on any atom is -0.465 e. The van der Waals surface area contributed by atoms with E-state index in [1.54, 1.807) is 22.9 Å². The summed E-state index contributed by atoms with van der Waals surface area (Å²) in [7, 11) is 1.28. The Morgan fingerprint density at radius 3 is 2.81 bits per heavy atom. The van der Waals surface area contributed by atoms with Crippen molar-refractivity contribution in [3.63, 3.8) is 0 Å². The first kappa shape index (κ1) is 13.2. The average Bonchev–Trinajstić information content (AvgIpc) is 2.91. The summed E-state index contributed by atoms with van der Waals surface area (Å²) in [5.41, 5.74) is 1.13. The molecule has 0 amide bonds. The summed E-state index contributed by atoms with van der Waals surface area (Å²) in [6.07, 6.45) is 3.17. The molecule has 21 heavy (non-hydrogen) atoms. The Hall–Kier alpha value is -2.76. The molecule has 0 fully saturated rings. The highest BCUT2D eigenvalue weighted by molar-refractivity contribution is 5.90. The lowest BCUT2D eigenvalue weighted by Crippen LogP contribution is -2.01. The van der Waals surface area contributed by atoms with E-state index in [0.29, 0.717) is 11.2 Å². The Morgan fingerprint density at radius 2 is 2.05 bits per heavy atom. The Kier molecular flexibility index (Phi) is 3.13. The van der Waals surface area contributed by atoms with Gasteiger partial charge in [0.1, 0.15) is 17.3 Å². The fourth-order valence-corrected chi connectivity index (χ4v) is 2.05. The van der Waals surface area contributed by atoms with Crippen LogP contribution in [0.2, 0.25) is 0 Å². The maximum Gasteiger partial charge on any atom is 0.338 e. The highest BCUT2D eigenvalue weighted by Gasteiger charge is 2.12. The van der Waals surface area contributed by atoms with Gasteiger partial charge in [-0.3, -0.25) is 0 Å². The normalized spacial score (nSPS) is 10.8. The summed E-state index contributed by atoms with van der Waals surface area (Å²) < 4.78 is 33.2. The molecule has 0 N–H and O–H groups in total. The molecule has 0 spiro atoms. The van der Waals surface area contributed by atoms with E-state index in [4.69, 9.17) is 0 Å². The molecule has 2 heterocycles. The number of hydrogen-bond acceptors (Lipinski definition) is 3. The van der Waals surface area contributed by atoms with Crippen LogP contribution in [0.25, 0.3) is 16.9 Å². The van der Waals surface area contributed by atoms with E-state index >= 15 is 0 Å². The van der Waals surface area contributed by atoms with E-state index in [9.17, 15) is 13.6 Å². The maximum atomic E-state index is 13.8. The van der Waals surface area contributed by atoms with Gasteiger partial charge in [-0.15, -0.1) is 0 Å². The van der Waals surface area contributed by atoms with Gasteiger partial charge in [-0.25, -0.2) is 18.6 Å². The van der Waals surface area contributed by atoms with Gasteiger partial charge in [0.15, 0.2) is 0 Å². The molecule has 6 heteroatoms. The quantitative estimate of drug-likeness (QED) is 0.681. The Bertz CT molecular complexity index is 843. The molecule has 2 aromatic heterocycles. The molecule has 0 saturated carbocycles. The number of carbonyl (C=O) groups is 1. The van der Waals surface area contributed by atoms with Crippen LogP contribution in [-0.2, 0) is 4.74 Å². The smallest absolute Gasteiger partial charge is 0.338 e. The zero-order valence-corrected chi connectivity index (χ0v) is 11.0. The van der Waals surface area contributed by atoms with Crippen molar-refractivity contribution in [2.24, 2.45) is 0 Å². The lowest BCUT2D eigenvalue weighted by Gasteiger charge is -1.98. The van der Waals surface area contributed by atoms with Crippen molar-refractivity contribution in [2.45, 2.75) is 0 Å². The first-order valence-corrected chi connectivity index (χ1v) is 6.11. The highest BCUT2D eigenvalue weighted by Crippen LogP contribution is 2.23. The third kappa shape index (κ3) is 2.35. The van der Waals surface area contributed by atoms with Crippen LogP contribution in [0, 0.1) is 11.6 Å². The summed E-state index contributed by atoms with van der Waals surface area (Å²) in [5, 5.41) is 0. The number of ether oxygens (including phenoxy) is 1. The third-order valence-corrected chi connectivity index (χ3v) is 3.09. The van der Waals surface area contributed by atoms with Crippen LogP contribution in [0.1, 0.15) is 10.4 Å². The molecule has 0 aliphatic carbocycles. The van der Waals surface area contributed by atoms with Crippen molar-refractivity contribution in [3.8, 4) is 11.3 Å². The molecule has 0 bridgehead atoms. The predicted octanol–water partition coefficient (Wildman–Crippen LogP) is 3.07. The van der Waals surface area contributed by atoms with Gasteiger partial charge in [0.05, 0.1) is 18.4 Å². The second-order valence-corrected chi connectivity index (χ2v) is 4.42. The molecule has 4 nitrogen and oxygen atoms in total. The van der Waals surface area contributed by atoms with E-state index in [0.717, 1.165) is 18.2 Å². The van der Waals surface area contributed by atoms with Gasteiger partial charge in [-0.2, -0.15) is 0 Å². The predicted molar refractivity (Wildman–Crippen MR) is 71.9 cm³/mol. The molecule has 3 rings (SSSR count). The monoisotopic (exact) mass is 288 g/mol. The van der Waals surface area contributed by atoms with Crippen molar-refractivity contribution < 1.29 is 18.3 Å². The van der Waals surface area contributed by atoms with Crippen molar-refractivity contribution in [3.05, 3.63) is 59.9 Å². The zero-order chi connectivity index (χ0) is 15.0. The van der Waals surface area contributed by atoms with E-state index in [2.05, 4.69) is 9.72 Å². The van der Waals surface area contributed by atoms with Crippen molar-refractivity contribution in [2.75, 3.05) is 7.11 Å². The van der Waals surface area contributed by atoms with Gasteiger partial charge < -0.3 is 9.14 Å². The highest BCUT2D eigenvalue weighted by atomic mass is 19.1. The van der Waals surface area contributed by atoms with E-state index in [1.807, 2.05) is 0 Å². The van der Waals surface area contributed by atoms with Crippen molar-refractivity contribution in [1.29, 1.82) is 0 Å². The largest absolute Gasteiger partial charge is 0.465 e. The van der Waals surface area contributed by atoms with Crippen LogP contribution < -0.4 is 0 Å². The Labute approximate surface area is 118 Å². The summed E-state index contributed by atoms with van der Waals surface area (Å²) in [4.78, 5) is 15.7. The lowest BCUT2D eigenvalue weighted by atomic mass is 10.1. The van der Waals surface area contributed by atoms with Gasteiger partial charge in [0.25, 0.3) is 0 Å². The second-order valence-electron chi connectivity index (χ2n) is 4.42. The Balaban J connectivity index is 2.13. The molecular formula is C15H10F2N2O2. The fraction of sp³-hybridized carbons (Fsp3) is 0.0667. The standard InChI is InChI=1S/C15H10F2N2O2/c1-21-15(20)9-4-5-19-8-13(18-14(19)6-9)11-7-10(16)2-3-12(11)17/h2-8H,1H3. The van der Waals surface area contributed by atoms with Crippen molar-refractivity contribution >= 4 is 11.6 Å². The molecular weight excluding hydrogens is 278 g/mol. The summed E-state index contributed by atoms with van der Waals surface area (Å²) >= 11 is 0. The van der Waals surface area contributed by atoms with Gasteiger partial charge >= 0.3 is 5.97 Å². The summed E-state index contributed by atoms with van der Waals surface area (Å²) in [5.74, 6) is -1.59. The number of carbonyl (C=O) groups excluding carboxylic acids is 1. The minimum atomic E-state index is -0.562. The number of hydrogen-bond donors (Lipinski definition) is 0. The molecule has 3 aromatic rings. The number of esters is 1. The number of methoxy groups -OCH3 is 1. The number of nitrogens with zero attached hydrogens (tertiary/aromatic N) is 2. The van der Waals surface area contributed by atoms with Crippen LogP contribution in [0.4, 0.5) is 8.78 Å². The van der Waals surface area contributed by atoms with Crippen LogP contribution in [0.15, 0.2) is 42.7 Å². The Morgan fingerprint density at radius 1 is 1.24 bits per heavy atom. The second kappa shape index (κ2) is 4.97. The van der Waals surface area contributed by atoms with Crippen LogP contribution >= 0.6 is 0 Å². The number of fused-ring (bicyclic) bond motifs is 1. The third-order valence-electron chi connectivity index (χ3n) is 3.09. The number of pyridine rings is 1. The SMILES string of the molecule is COC(=O)c1ccn2cc(-c3cc(F)ccc3F)nc2c1. The number of aromatic nitrogens is 2. The number of halogens is 2. The van der Waals surface area contributed by atoms with Gasteiger partial charge in [0.2, 0.25) is 0 Å². The molecule has 0 saturated heterocycles. The molecule has 106 valence electrons. The fourth-order valence-electron chi connectivity index (χ4n) is 2.05. The minimum absolute atomic E-state index is 0.0679. The number of rotatable bonds is 2. The lowest BCUT2D eigenvalue weighted by molar-refractivity contribution is 0.0600. The number of imidazole rings is 1. The molecule has 0 aliphatic rings. The molecule has 0 aliphatic heterocycles. The summed E-state index contributed by atoms with van der Waals surface area (Å²) in [6.45, 7) is 0. The topological polar surface area (TPSA) is 43.6 Å². The maximum absolute atomic E-state index is 13.8. The van der Waals surface area contributed by atoms with Crippen LogP contribution in [0.5, 0.6) is 0 Å². The summed E-state index contributed by atoms with van der Waals surface area (Å²) in [6, 6.07) is 6.26.